The van der Waals surface area contributed by atoms with Gasteiger partial charge >= 0.3 is 0 Å². The first kappa shape index (κ1) is 10.7. The van der Waals surface area contributed by atoms with Gasteiger partial charge in [0.25, 0.3) is 0 Å². The highest BCUT2D eigenvalue weighted by molar-refractivity contribution is 5.74. The monoisotopic (exact) mass is 230 g/mol. The summed E-state index contributed by atoms with van der Waals surface area (Å²) in [7, 11) is 2.09. The van der Waals surface area contributed by atoms with Gasteiger partial charge in [0.2, 0.25) is 0 Å². The highest BCUT2D eigenvalue weighted by Gasteiger charge is 2.17. The third-order valence-electron chi connectivity index (χ3n) is 3.71. The van der Waals surface area contributed by atoms with Crippen molar-refractivity contribution in [2.45, 2.75) is 19.3 Å². The second kappa shape index (κ2) is 4.45. The molecule has 90 valence electrons. The van der Waals surface area contributed by atoms with Gasteiger partial charge in [-0.3, -0.25) is 4.98 Å². The summed E-state index contributed by atoms with van der Waals surface area (Å²) in [6.07, 6.45) is 7.33. The molecule has 0 spiro atoms. The van der Waals surface area contributed by atoms with Gasteiger partial charge in [-0.2, -0.15) is 0 Å². The van der Waals surface area contributed by atoms with E-state index in [1.54, 1.807) is 0 Å². The number of nitrogens with one attached hydrogen (secondary N) is 1. The van der Waals surface area contributed by atoms with Crippen molar-refractivity contribution in [3.8, 4) is 0 Å². The molecule has 0 atom stereocenters. The van der Waals surface area contributed by atoms with Crippen LogP contribution in [0.2, 0.25) is 0 Å². The molecule has 3 rings (SSSR count). The van der Waals surface area contributed by atoms with Gasteiger partial charge in [-0.1, -0.05) is 0 Å². The molecule has 0 aliphatic carbocycles. The summed E-state index contributed by atoms with van der Waals surface area (Å²) in [6, 6.07) is 1.99. The van der Waals surface area contributed by atoms with Crippen LogP contribution in [0.25, 0.3) is 11.0 Å². The Hall–Kier alpha value is -1.42. The quantitative estimate of drug-likeness (QED) is 0.850. The minimum atomic E-state index is 0.778. The van der Waals surface area contributed by atoms with Crippen LogP contribution < -0.4 is 5.32 Å². The Morgan fingerprint density at radius 2 is 2.24 bits per heavy atom. The maximum Gasteiger partial charge on any atom is 0.109 e. The van der Waals surface area contributed by atoms with E-state index < -0.39 is 0 Å². The van der Waals surface area contributed by atoms with E-state index in [4.69, 9.17) is 4.98 Å². The molecule has 4 nitrogen and oxygen atoms in total. The SMILES string of the molecule is Cn1c(CC2CCNCC2)nc2ccncc21. The van der Waals surface area contributed by atoms with Crippen LogP contribution in [0.5, 0.6) is 0 Å². The van der Waals surface area contributed by atoms with Crippen molar-refractivity contribution in [1.82, 2.24) is 19.9 Å². The van der Waals surface area contributed by atoms with Gasteiger partial charge in [-0.25, -0.2) is 4.98 Å². The van der Waals surface area contributed by atoms with Gasteiger partial charge in [-0.15, -0.1) is 0 Å². The van der Waals surface area contributed by atoms with E-state index in [0.29, 0.717) is 0 Å². The highest BCUT2D eigenvalue weighted by atomic mass is 15.1. The van der Waals surface area contributed by atoms with Gasteiger partial charge < -0.3 is 9.88 Å². The third-order valence-corrected chi connectivity index (χ3v) is 3.71. The lowest BCUT2D eigenvalue weighted by Gasteiger charge is -2.22. The van der Waals surface area contributed by atoms with Crippen LogP contribution in [0.15, 0.2) is 18.5 Å². The van der Waals surface area contributed by atoms with Gasteiger partial charge in [0.15, 0.2) is 0 Å². The minimum absolute atomic E-state index is 0.778. The average molecular weight is 230 g/mol. The molecule has 0 aromatic carbocycles. The summed E-state index contributed by atoms with van der Waals surface area (Å²) >= 11 is 0. The van der Waals surface area contributed by atoms with Crippen molar-refractivity contribution in [1.29, 1.82) is 0 Å². The van der Waals surface area contributed by atoms with Gasteiger partial charge in [0, 0.05) is 19.7 Å². The number of hydrogen-bond donors (Lipinski definition) is 1. The lowest BCUT2D eigenvalue weighted by atomic mass is 9.94. The molecule has 0 unspecified atom stereocenters. The highest BCUT2D eigenvalue weighted by Crippen LogP contribution is 2.20. The Kier molecular flexibility index (Phi) is 2.81. The van der Waals surface area contributed by atoms with Crippen LogP contribution in [-0.4, -0.2) is 27.6 Å². The number of piperidine rings is 1. The smallest absolute Gasteiger partial charge is 0.109 e. The number of rotatable bonds is 2. The second-order valence-corrected chi connectivity index (χ2v) is 4.85. The normalized spacial score (nSPS) is 17.7. The number of hydrogen-bond acceptors (Lipinski definition) is 3. The average Bonchev–Trinajstić information content (AvgIpc) is 2.68. The van der Waals surface area contributed by atoms with E-state index in [1.807, 2.05) is 18.5 Å². The summed E-state index contributed by atoms with van der Waals surface area (Å²) in [5, 5.41) is 3.40. The standard InChI is InChI=1S/C13H18N4/c1-17-12-9-15-7-4-11(12)16-13(17)8-10-2-5-14-6-3-10/h4,7,9-10,14H,2-3,5-6,8H2,1H3. The van der Waals surface area contributed by atoms with E-state index in [2.05, 4.69) is 21.9 Å². The fraction of sp³-hybridized carbons (Fsp3) is 0.538. The summed E-state index contributed by atoms with van der Waals surface area (Å²) in [4.78, 5) is 8.87. The molecule has 2 aromatic heterocycles. The van der Waals surface area contributed by atoms with Crippen molar-refractivity contribution in [2.75, 3.05) is 13.1 Å². The molecule has 17 heavy (non-hydrogen) atoms. The van der Waals surface area contributed by atoms with Crippen LogP contribution in [0, 0.1) is 5.92 Å². The zero-order valence-electron chi connectivity index (χ0n) is 10.2. The van der Waals surface area contributed by atoms with E-state index in [9.17, 15) is 0 Å². The summed E-state index contributed by atoms with van der Waals surface area (Å²) in [6.45, 7) is 2.30. The van der Waals surface area contributed by atoms with Crippen LogP contribution in [0.4, 0.5) is 0 Å². The van der Waals surface area contributed by atoms with Crippen molar-refractivity contribution in [2.24, 2.45) is 13.0 Å². The summed E-state index contributed by atoms with van der Waals surface area (Å²) in [5.41, 5.74) is 2.20. The Morgan fingerprint density at radius 1 is 1.41 bits per heavy atom. The Balaban J connectivity index is 1.87. The first-order valence-electron chi connectivity index (χ1n) is 6.30. The number of pyridine rings is 1. The molecule has 1 N–H and O–H groups in total. The fourth-order valence-corrected chi connectivity index (χ4v) is 2.61. The Labute approximate surface area is 101 Å². The molecular formula is C13H18N4. The Morgan fingerprint density at radius 3 is 3.00 bits per heavy atom. The van der Waals surface area contributed by atoms with Gasteiger partial charge in [0.1, 0.15) is 5.82 Å². The molecule has 1 aliphatic rings. The van der Waals surface area contributed by atoms with E-state index in [0.717, 1.165) is 36.5 Å². The largest absolute Gasteiger partial charge is 0.330 e. The van der Waals surface area contributed by atoms with E-state index in [1.165, 1.54) is 18.7 Å². The summed E-state index contributed by atoms with van der Waals surface area (Å²) in [5.74, 6) is 1.97. The van der Waals surface area contributed by atoms with Gasteiger partial charge in [0.05, 0.1) is 17.2 Å². The topological polar surface area (TPSA) is 42.7 Å². The number of aryl methyl sites for hydroxylation is 1. The van der Waals surface area contributed by atoms with Crippen LogP contribution in [0.1, 0.15) is 18.7 Å². The number of fused-ring (bicyclic) bond motifs is 1. The van der Waals surface area contributed by atoms with Crippen LogP contribution in [-0.2, 0) is 13.5 Å². The molecule has 0 saturated carbocycles. The zero-order chi connectivity index (χ0) is 11.7. The molecule has 0 bridgehead atoms. The van der Waals surface area contributed by atoms with Crippen molar-refractivity contribution >= 4 is 11.0 Å². The first-order chi connectivity index (χ1) is 8.34. The molecule has 1 fully saturated rings. The van der Waals surface area contributed by atoms with Crippen molar-refractivity contribution in [3.63, 3.8) is 0 Å². The molecule has 0 amide bonds. The van der Waals surface area contributed by atoms with E-state index in [-0.39, 0.29) is 0 Å². The molecule has 2 aromatic rings. The van der Waals surface area contributed by atoms with Crippen LogP contribution >= 0.6 is 0 Å². The fourth-order valence-electron chi connectivity index (χ4n) is 2.61. The minimum Gasteiger partial charge on any atom is -0.330 e. The first-order valence-corrected chi connectivity index (χ1v) is 6.30. The summed E-state index contributed by atoms with van der Waals surface area (Å²) < 4.78 is 2.18. The van der Waals surface area contributed by atoms with Gasteiger partial charge in [-0.05, 0) is 37.9 Å². The lowest BCUT2D eigenvalue weighted by Crippen LogP contribution is -2.29. The Bertz CT molecular complexity index is 511. The molecule has 0 radical (unpaired) electrons. The van der Waals surface area contributed by atoms with Crippen LogP contribution in [0.3, 0.4) is 0 Å². The zero-order valence-corrected chi connectivity index (χ0v) is 10.2. The molecule has 4 heteroatoms. The predicted octanol–water partition coefficient (Wildman–Crippen LogP) is 1.51. The van der Waals surface area contributed by atoms with E-state index >= 15 is 0 Å². The second-order valence-electron chi connectivity index (χ2n) is 4.85. The maximum atomic E-state index is 4.71. The lowest BCUT2D eigenvalue weighted by molar-refractivity contribution is 0.365. The van der Waals surface area contributed by atoms with Crippen molar-refractivity contribution in [3.05, 3.63) is 24.3 Å². The molecule has 3 heterocycles. The molecule has 1 saturated heterocycles. The predicted molar refractivity (Wildman–Crippen MR) is 67.8 cm³/mol. The third kappa shape index (κ3) is 2.05. The number of imidazole rings is 1. The van der Waals surface area contributed by atoms with Crippen molar-refractivity contribution < 1.29 is 0 Å². The number of nitrogens with zero attached hydrogens (tertiary/aromatic N) is 3. The molecule has 1 aliphatic heterocycles. The maximum absolute atomic E-state index is 4.71. The molecular weight excluding hydrogens is 212 g/mol. The number of aromatic nitrogens is 3.